The van der Waals surface area contributed by atoms with E-state index in [9.17, 15) is 8.42 Å². The van der Waals surface area contributed by atoms with Crippen LogP contribution in [0.25, 0.3) is 0 Å². The zero-order valence-electron chi connectivity index (χ0n) is 10.5. The van der Waals surface area contributed by atoms with Gasteiger partial charge in [0.1, 0.15) is 4.90 Å². The molecule has 0 amide bonds. The number of hydrogen-bond donors (Lipinski definition) is 2. The summed E-state index contributed by atoms with van der Waals surface area (Å²) in [5.41, 5.74) is 6.97. The Morgan fingerprint density at radius 3 is 2.35 bits per heavy atom. The summed E-state index contributed by atoms with van der Waals surface area (Å²) in [7, 11) is -3.82. The summed E-state index contributed by atoms with van der Waals surface area (Å²) in [6.45, 7) is 1.77. The van der Waals surface area contributed by atoms with Crippen molar-refractivity contribution < 1.29 is 8.42 Å². The highest BCUT2D eigenvalue weighted by Gasteiger charge is 2.19. The van der Waals surface area contributed by atoms with E-state index >= 15 is 0 Å². The average Bonchev–Trinajstić information content (AvgIpc) is 2.36. The van der Waals surface area contributed by atoms with E-state index < -0.39 is 10.0 Å². The molecule has 2 rings (SSSR count). The van der Waals surface area contributed by atoms with Gasteiger partial charge in [0.25, 0.3) is 10.0 Å². The molecule has 0 spiro atoms. The molecular weight excluding hydrogens is 319 g/mol. The SMILES string of the molecule is Cc1ccc(Cl)cc1NS(=O)(=O)c1cc(Cl)ccc1N. The van der Waals surface area contributed by atoms with Crippen molar-refractivity contribution in [1.82, 2.24) is 0 Å². The van der Waals surface area contributed by atoms with Crippen LogP contribution in [-0.4, -0.2) is 8.42 Å². The molecule has 0 radical (unpaired) electrons. The summed E-state index contributed by atoms with van der Waals surface area (Å²) in [4.78, 5) is -0.0654. The van der Waals surface area contributed by atoms with Gasteiger partial charge in [0.05, 0.1) is 11.4 Å². The first-order valence-corrected chi connectivity index (χ1v) is 7.87. The van der Waals surface area contributed by atoms with Gasteiger partial charge in [-0.3, -0.25) is 4.72 Å². The van der Waals surface area contributed by atoms with Crippen LogP contribution >= 0.6 is 23.2 Å². The molecule has 0 atom stereocenters. The molecule has 2 aromatic rings. The highest BCUT2D eigenvalue weighted by molar-refractivity contribution is 7.92. The van der Waals surface area contributed by atoms with Crippen LogP contribution in [0.1, 0.15) is 5.56 Å². The Hall–Kier alpha value is -1.43. The zero-order chi connectivity index (χ0) is 14.9. The minimum Gasteiger partial charge on any atom is -0.398 e. The van der Waals surface area contributed by atoms with Crippen LogP contribution in [0.15, 0.2) is 41.3 Å². The van der Waals surface area contributed by atoms with Gasteiger partial charge in [-0.05, 0) is 42.8 Å². The van der Waals surface area contributed by atoms with Gasteiger partial charge in [0, 0.05) is 10.0 Å². The number of nitrogens with one attached hydrogen (secondary N) is 1. The number of sulfonamides is 1. The Bertz CT molecular complexity index is 761. The van der Waals surface area contributed by atoms with Gasteiger partial charge < -0.3 is 5.73 Å². The fourth-order valence-electron chi connectivity index (χ4n) is 1.64. The van der Waals surface area contributed by atoms with Crippen LogP contribution in [0.5, 0.6) is 0 Å². The van der Waals surface area contributed by atoms with E-state index in [0.29, 0.717) is 15.7 Å². The monoisotopic (exact) mass is 330 g/mol. The Morgan fingerprint density at radius 1 is 1.05 bits per heavy atom. The molecule has 0 heterocycles. The average molecular weight is 331 g/mol. The summed E-state index contributed by atoms with van der Waals surface area (Å²) in [5, 5.41) is 0.731. The van der Waals surface area contributed by atoms with E-state index in [1.807, 2.05) is 0 Å². The first kappa shape index (κ1) is 15.0. The summed E-state index contributed by atoms with van der Waals surface area (Å²) < 4.78 is 27.2. The van der Waals surface area contributed by atoms with Crippen molar-refractivity contribution >= 4 is 44.6 Å². The maximum absolute atomic E-state index is 12.3. The number of nitrogens with two attached hydrogens (primary N) is 1. The maximum atomic E-state index is 12.3. The van der Waals surface area contributed by atoms with Crippen molar-refractivity contribution in [3.8, 4) is 0 Å². The topological polar surface area (TPSA) is 72.2 Å². The highest BCUT2D eigenvalue weighted by Crippen LogP contribution is 2.27. The third kappa shape index (κ3) is 3.17. The summed E-state index contributed by atoms with van der Waals surface area (Å²) in [6.07, 6.45) is 0. The van der Waals surface area contributed by atoms with Gasteiger partial charge in [-0.15, -0.1) is 0 Å². The first-order valence-electron chi connectivity index (χ1n) is 5.63. The van der Waals surface area contributed by atoms with Gasteiger partial charge in [0.15, 0.2) is 0 Å². The summed E-state index contributed by atoms with van der Waals surface area (Å²) in [6, 6.07) is 9.22. The van der Waals surface area contributed by atoms with E-state index in [2.05, 4.69) is 4.72 Å². The molecule has 0 saturated heterocycles. The van der Waals surface area contributed by atoms with Crippen molar-refractivity contribution in [3.63, 3.8) is 0 Å². The van der Waals surface area contributed by atoms with E-state index in [0.717, 1.165) is 5.56 Å². The van der Waals surface area contributed by atoms with Crippen molar-refractivity contribution in [3.05, 3.63) is 52.0 Å². The van der Waals surface area contributed by atoms with E-state index in [1.54, 1.807) is 19.1 Å². The van der Waals surface area contributed by atoms with Crippen LogP contribution in [-0.2, 0) is 10.0 Å². The van der Waals surface area contributed by atoms with E-state index in [1.165, 1.54) is 24.3 Å². The van der Waals surface area contributed by atoms with E-state index in [4.69, 9.17) is 28.9 Å². The fourth-order valence-corrected chi connectivity index (χ4v) is 3.33. The molecule has 0 aromatic heterocycles. The molecule has 4 nitrogen and oxygen atoms in total. The third-order valence-electron chi connectivity index (χ3n) is 2.71. The Morgan fingerprint density at radius 2 is 1.65 bits per heavy atom. The molecule has 3 N–H and O–H groups in total. The Kier molecular flexibility index (Phi) is 4.13. The standard InChI is InChI=1S/C13H12Cl2N2O2S/c1-8-2-3-9(14)6-12(8)17-20(18,19)13-7-10(15)4-5-11(13)16/h2-7,17H,16H2,1H3. The quantitative estimate of drug-likeness (QED) is 0.843. The lowest BCUT2D eigenvalue weighted by atomic mass is 10.2. The molecule has 0 saturated carbocycles. The van der Waals surface area contributed by atoms with Gasteiger partial charge in [-0.25, -0.2) is 8.42 Å². The van der Waals surface area contributed by atoms with Crippen LogP contribution in [0.4, 0.5) is 11.4 Å². The third-order valence-corrected chi connectivity index (χ3v) is 4.60. The molecule has 0 aliphatic carbocycles. The molecular formula is C13H12Cl2N2O2S. The second-order valence-electron chi connectivity index (χ2n) is 4.25. The van der Waals surface area contributed by atoms with Crippen molar-refractivity contribution in [2.75, 3.05) is 10.5 Å². The Balaban J connectivity index is 2.46. The molecule has 7 heteroatoms. The van der Waals surface area contributed by atoms with Crippen LogP contribution in [0.3, 0.4) is 0 Å². The minimum absolute atomic E-state index is 0.0654. The molecule has 20 heavy (non-hydrogen) atoms. The number of rotatable bonds is 3. The van der Waals surface area contributed by atoms with Crippen LogP contribution < -0.4 is 10.5 Å². The minimum atomic E-state index is -3.82. The predicted octanol–water partition coefficient (Wildman–Crippen LogP) is 3.68. The van der Waals surface area contributed by atoms with Gasteiger partial charge in [0.2, 0.25) is 0 Å². The lowest BCUT2D eigenvalue weighted by Gasteiger charge is -2.12. The van der Waals surface area contributed by atoms with Crippen molar-refractivity contribution in [2.24, 2.45) is 0 Å². The normalized spacial score (nSPS) is 11.3. The number of nitrogen functional groups attached to an aromatic ring is 1. The number of benzene rings is 2. The zero-order valence-corrected chi connectivity index (χ0v) is 12.9. The second-order valence-corrected chi connectivity index (χ2v) is 6.77. The summed E-state index contributed by atoms with van der Waals surface area (Å²) >= 11 is 11.7. The van der Waals surface area contributed by atoms with Gasteiger partial charge in [-0.2, -0.15) is 0 Å². The highest BCUT2D eigenvalue weighted by atomic mass is 35.5. The number of halogens is 2. The lowest BCUT2D eigenvalue weighted by Crippen LogP contribution is -2.15. The molecule has 0 bridgehead atoms. The fraction of sp³-hybridized carbons (Fsp3) is 0.0769. The first-order chi connectivity index (χ1) is 9.29. The van der Waals surface area contributed by atoms with Gasteiger partial charge >= 0.3 is 0 Å². The lowest BCUT2D eigenvalue weighted by molar-refractivity contribution is 0.601. The second kappa shape index (κ2) is 5.52. The van der Waals surface area contributed by atoms with Crippen LogP contribution in [0.2, 0.25) is 10.0 Å². The molecule has 2 aromatic carbocycles. The Labute approximate surface area is 127 Å². The molecule has 0 fully saturated rings. The van der Waals surface area contributed by atoms with Crippen molar-refractivity contribution in [2.45, 2.75) is 11.8 Å². The van der Waals surface area contributed by atoms with E-state index in [-0.39, 0.29) is 10.6 Å². The molecule has 106 valence electrons. The maximum Gasteiger partial charge on any atom is 0.264 e. The smallest absolute Gasteiger partial charge is 0.264 e. The number of anilines is 2. The summed E-state index contributed by atoms with van der Waals surface area (Å²) in [5.74, 6) is 0. The molecule has 0 unspecified atom stereocenters. The largest absolute Gasteiger partial charge is 0.398 e. The van der Waals surface area contributed by atoms with Gasteiger partial charge in [-0.1, -0.05) is 29.3 Å². The number of aryl methyl sites for hydroxylation is 1. The molecule has 0 aliphatic rings. The molecule has 0 aliphatic heterocycles. The number of hydrogen-bond acceptors (Lipinski definition) is 3. The predicted molar refractivity (Wildman–Crippen MR) is 82.9 cm³/mol. The van der Waals surface area contributed by atoms with Crippen molar-refractivity contribution in [1.29, 1.82) is 0 Å². The van der Waals surface area contributed by atoms with Crippen LogP contribution in [0, 0.1) is 6.92 Å².